The van der Waals surface area contributed by atoms with Crippen molar-refractivity contribution in [3.8, 4) is 5.75 Å². The minimum atomic E-state index is -0.545. The summed E-state index contributed by atoms with van der Waals surface area (Å²) >= 11 is 12.4. The Hall–Kier alpha value is -2.67. The van der Waals surface area contributed by atoms with Crippen LogP contribution >= 0.6 is 35.6 Å². The van der Waals surface area contributed by atoms with Crippen LogP contribution in [0.4, 0.5) is 10.1 Å². The summed E-state index contributed by atoms with van der Waals surface area (Å²) in [6, 6.07) is 21.5. The first-order chi connectivity index (χ1) is 14.5. The molecule has 3 nitrogen and oxygen atoms in total. The van der Waals surface area contributed by atoms with Crippen LogP contribution in [0.15, 0.2) is 77.7 Å². The number of carbonyl (C=O) groups excluding carboxylic acids is 1. The molecule has 7 heteroatoms. The van der Waals surface area contributed by atoms with Crippen molar-refractivity contribution in [2.45, 2.75) is 6.61 Å². The lowest BCUT2D eigenvalue weighted by molar-refractivity contribution is -0.113. The first kappa shape index (κ1) is 20.6. The van der Waals surface area contributed by atoms with E-state index in [0.29, 0.717) is 21.5 Å². The molecule has 1 heterocycles. The van der Waals surface area contributed by atoms with Crippen LogP contribution in [0.25, 0.3) is 6.08 Å². The Morgan fingerprint density at radius 2 is 1.80 bits per heavy atom. The van der Waals surface area contributed by atoms with Gasteiger partial charge in [0, 0.05) is 0 Å². The number of hydrogen-bond acceptors (Lipinski definition) is 4. The van der Waals surface area contributed by atoms with Gasteiger partial charge in [-0.25, -0.2) is 4.39 Å². The number of halogens is 2. The Labute approximate surface area is 188 Å². The number of nitrogens with zero attached hydrogens (tertiary/aromatic N) is 1. The summed E-state index contributed by atoms with van der Waals surface area (Å²) in [5.74, 6) is -0.0717. The van der Waals surface area contributed by atoms with Gasteiger partial charge in [0.05, 0.1) is 15.6 Å². The number of rotatable bonds is 5. The number of ether oxygens (including phenoxy) is 1. The van der Waals surface area contributed by atoms with Crippen LogP contribution in [0.3, 0.4) is 0 Å². The van der Waals surface area contributed by atoms with Crippen LogP contribution < -0.4 is 9.64 Å². The summed E-state index contributed by atoms with van der Waals surface area (Å²) in [5.41, 5.74) is 2.38. The highest BCUT2D eigenvalue weighted by Crippen LogP contribution is 2.37. The lowest BCUT2D eigenvalue weighted by atomic mass is 10.2. The van der Waals surface area contributed by atoms with Crippen LogP contribution in [0.1, 0.15) is 11.1 Å². The molecule has 0 bridgehead atoms. The molecule has 0 N–H and O–H groups in total. The lowest BCUT2D eigenvalue weighted by Crippen LogP contribution is -2.27. The standard InChI is InChI=1S/C23H15ClFNO2S2/c24-19-13-17(8-11-20(19)25)26-22(27)21(30-23(26)29)12-15-6-9-18(10-7-15)28-14-16-4-2-1-3-5-16/h1-13H,14H2/b21-12+. The van der Waals surface area contributed by atoms with Crippen molar-refractivity contribution in [2.24, 2.45) is 0 Å². The third kappa shape index (κ3) is 4.56. The van der Waals surface area contributed by atoms with Gasteiger partial charge < -0.3 is 4.74 Å². The Morgan fingerprint density at radius 1 is 1.07 bits per heavy atom. The van der Waals surface area contributed by atoms with Gasteiger partial charge >= 0.3 is 0 Å². The van der Waals surface area contributed by atoms with Gasteiger partial charge in [0.2, 0.25) is 0 Å². The van der Waals surface area contributed by atoms with Crippen molar-refractivity contribution in [2.75, 3.05) is 4.90 Å². The number of thiocarbonyl (C=S) groups is 1. The summed E-state index contributed by atoms with van der Waals surface area (Å²) in [6.07, 6.45) is 1.77. The number of anilines is 1. The number of amides is 1. The molecule has 1 aliphatic heterocycles. The SMILES string of the molecule is O=C1/C(=C\c2ccc(OCc3ccccc3)cc2)SC(=S)N1c1ccc(F)c(Cl)c1. The average Bonchev–Trinajstić information content (AvgIpc) is 3.03. The molecular weight excluding hydrogens is 441 g/mol. The molecule has 3 aromatic rings. The van der Waals surface area contributed by atoms with Gasteiger partial charge in [-0.2, -0.15) is 0 Å². The minimum Gasteiger partial charge on any atom is -0.489 e. The van der Waals surface area contributed by atoms with E-state index in [1.165, 1.54) is 34.9 Å². The first-order valence-electron chi connectivity index (χ1n) is 9.01. The fourth-order valence-electron chi connectivity index (χ4n) is 2.87. The molecule has 1 amide bonds. The number of carbonyl (C=O) groups is 1. The van der Waals surface area contributed by atoms with Crippen LogP contribution in [0.5, 0.6) is 5.75 Å². The number of benzene rings is 3. The molecule has 30 heavy (non-hydrogen) atoms. The van der Waals surface area contributed by atoms with Crippen molar-refractivity contribution in [3.05, 3.63) is 99.7 Å². The van der Waals surface area contributed by atoms with Crippen molar-refractivity contribution < 1.29 is 13.9 Å². The normalized spacial score (nSPS) is 15.1. The maximum Gasteiger partial charge on any atom is 0.270 e. The lowest BCUT2D eigenvalue weighted by Gasteiger charge is -2.14. The molecule has 3 aromatic carbocycles. The zero-order valence-electron chi connectivity index (χ0n) is 15.5. The second-order valence-corrected chi connectivity index (χ2v) is 8.54. The fraction of sp³-hybridized carbons (Fsp3) is 0.0435. The molecule has 150 valence electrons. The van der Waals surface area contributed by atoms with Gasteiger partial charge in [-0.1, -0.05) is 78.0 Å². The Morgan fingerprint density at radius 3 is 2.50 bits per heavy atom. The van der Waals surface area contributed by atoms with Crippen molar-refractivity contribution in [1.82, 2.24) is 0 Å². The highest BCUT2D eigenvalue weighted by atomic mass is 35.5. The van der Waals surface area contributed by atoms with Gasteiger partial charge in [0.15, 0.2) is 4.32 Å². The van der Waals surface area contributed by atoms with E-state index >= 15 is 0 Å². The maximum atomic E-state index is 13.4. The van der Waals surface area contributed by atoms with Crippen molar-refractivity contribution >= 4 is 57.6 Å². The smallest absolute Gasteiger partial charge is 0.270 e. The zero-order chi connectivity index (χ0) is 21.1. The first-order valence-corrected chi connectivity index (χ1v) is 10.6. The largest absolute Gasteiger partial charge is 0.489 e. The second kappa shape index (κ2) is 9.00. The molecule has 0 unspecified atom stereocenters. The third-order valence-electron chi connectivity index (χ3n) is 4.38. The molecular formula is C23H15ClFNO2S2. The van der Waals surface area contributed by atoms with Gasteiger partial charge in [0.1, 0.15) is 18.2 Å². The maximum absolute atomic E-state index is 13.4. The van der Waals surface area contributed by atoms with Gasteiger partial charge in [0.25, 0.3) is 5.91 Å². The number of thioether (sulfide) groups is 1. The predicted octanol–water partition coefficient (Wildman–Crippen LogP) is 6.46. The molecule has 1 saturated heterocycles. The van der Waals surface area contributed by atoms with Crippen LogP contribution in [0, 0.1) is 5.82 Å². The summed E-state index contributed by atoms with van der Waals surface area (Å²) < 4.78 is 19.6. The summed E-state index contributed by atoms with van der Waals surface area (Å²) in [6.45, 7) is 0.485. The minimum absolute atomic E-state index is 0.0587. The van der Waals surface area contributed by atoms with E-state index in [2.05, 4.69) is 0 Å². The molecule has 0 aliphatic carbocycles. The monoisotopic (exact) mass is 455 g/mol. The van der Waals surface area contributed by atoms with Crippen LogP contribution in [-0.4, -0.2) is 10.2 Å². The second-order valence-electron chi connectivity index (χ2n) is 6.46. The highest BCUT2D eigenvalue weighted by molar-refractivity contribution is 8.27. The molecule has 1 fully saturated rings. The van der Waals surface area contributed by atoms with E-state index in [0.717, 1.165) is 16.9 Å². The highest BCUT2D eigenvalue weighted by Gasteiger charge is 2.33. The Balaban J connectivity index is 1.47. The van der Waals surface area contributed by atoms with Gasteiger partial charge in [-0.05, 0) is 47.5 Å². The van der Waals surface area contributed by atoms with Crippen molar-refractivity contribution in [3.63, 3.8) is 0 Å². The molecule has 4 rings (SSSR count). The van der Waals surface area contributed by atoms with Crippen LogP contribution in [-0.2, 0) is 11.4 Å². The molecule has 0 saturated carbocycles. The molecule has 0 aromatic heterocycles. The third-order valence-corrected chi connectivity index (χ3v) is 5.97. The Bertz CT molecular complexity index is 1130. The summed E-state index contributed by atoms with van der Waals surface area (Å²) in [5, 5.41) is -0.0587. The molecule has 0 atom stereocenters. The van der Waals surface area contributed by atoms with Gasteiger partial charge in [-0.3, -0.25) is 9.69 Å². The van der Waals surface area contributed by atoms with Crippen LogP contribution in [0.2, 0.25) is 5.02 Å². The quantitative estimate of drug-likeness (QED) is 0.326. The molecule has 0 spiro atoms. The topological polar surface area (TPSA) is 29.5 Å². The van der Waals surface area contributed by atoms with Crippen molar-refractivity contribution in [1.29, 1.82) is 0 Å². The predicted molar refractivity (Wildman–Crippen MR) is 124 cm³/mol. The van der Waals surface area contributed by atoms with E-state index in [1.54, 1.807) is 6.08 Å². The van der Waals surface area contributed by atoms with E-state index in [9.17, 15) is 9.18 Å². The Kier molecular flexibility index (Phi) is 6.18. The van der Waals surface area contributed by atoms with E-state index in [4.69, 9.17) is 28.6 Å². The molecule has 1 aliphatic rings. The number of hydrogen-bond donors (Lipinski definition) is 0. The van der Waals surface area contributed by atoms with E-state index < -0.39 is 5.82 Å². The van der Waals surface area contributed by atoms with E-state index in [-0.39, 0.29) is 10.9 Å². The molecule has 0 radical (unpaired) electrons. The average molecular weight is 456 g/mol. The zero-order valence-corrected chi connectivity index (χ0v) is 17.9. The fourth-order valence-corrected chi connectivity index (χ4v) is 4.34. The summed E-state index contributed by atoms with van der Waals surface area (Å²) in [4.78, 5) is 14.7. The summed E-state index contributed by atoms with van der Waals surface area (Å²) in [7, 11) is 0. The van der Waals surface area contributed by atoms with E-state index in [1.807, 2.05) is 54.6 Å². The van der Waals surface area contributed by atoms with Gasteiger partial charge in [-0.15, -0.1) is 0 Å².